The molecule has 1 amide bonds. The Bertz CT molecular complexity index is 3300. The molecule has 0 radical (unpaired) electrons. The summed E-state index contributed by atoms with van der Waals surface area (Å²) in [6.07, 6.45) is -10.9. The number of carbonyl (C=O) groups excluding carboxylic acids is 7. The zero-order chi connectivity index (χ0) is 59.7. The van der Waals surface area contributed by atoms with Crippen LogP contribution < -0.4 is 4.74 Å². The van der Waals surface area contributed by atoms with Gasteiger partial charge in [0, 0.05) is 42.2 Å². The van der Waals surface area contributed by atoms with Gasteiger partial charge in [-0.1, -0.05) is 130 Å². The summed E-state index contributed by atoms with van der Waals surface area (Å²) >= 11 is 0. The zero-order valence-electron chi connectivity index (χ0n) is 47.9. The van der Waals surface area contributed by atoms with Crippen LogP contribution in [-0.4, -0.2) is 113 Å². The number of ether oxygens (including phenoxy) is 9. The fourth-order valence-corrected chi connectivity index (χ4v) is 13.6. The largest absolute Gasteiger partial charge is 0.497 e. The number of nitrogens with zero attached hydrogens (tertiary/aromatic N) is 1. The van der Waals surface area contributed by atoms with E-state index in [9.17, 15) is 29.1 Å². The van der Waals surface area contributed by atoms with E-state index in [-0.39, 0.29) is 37.2 Å². The first kappa shape index (κ1) is 59.0. The van der Waals surface area contributed by atoms with Crippen molar-refractivity contribution in [3.63, 3.8) is 0 Å². The smallest absolute Gasteiger partial charge is 0.338 e. The molecule has 5 aromatic rings. The summed E-state index contributed by atoms with van der Waals surface area (Å²) in [6, 6.07) is 40.4. The van der Waals surface area contributed by atoms with E-state index < -0.39 is 138 Å². The second-order valence-corrected chi connectivity index (χ2v) is 23.0. The molecule has 18 nitrogen and oxygen atoms in total. The van der Waals surface area contributed by atoms with Gasteiger partial charge in [-0.15, -0.1) is 0 Å². The molecule has 10 rings (SSSR count). The van der Waals surface area contributed by atoms with Crippen LogP contribution in [0.4, 0.5) is 0 Å². The summed E-state index contributed by atoms with van der Waals surface area (Å²) in [4.78, 5) is 102. The lowest BCUT2D eigenvalue weighted by molar-refractivity contribution is -0.349. The third kappa shape index (κ3) is 11.0. The van der Waals surface area contributed by atoms with E-state index in [4.69, 9.17) is 42.6 Å². The van der Waals surface area contributed by atoms with Crippen LogP contribution in [0.2, 0.25) is 0 Å². The van der Waals surface area contributed by atoms with Crippen LogP contribution in [0.3, 0.4) is 0 Å². The van der Waals surface area contributed by atoms with Crippen LogP contribution in [0, 0.1) is 16.7 Å². The average Bonchev–Trinajstić information content (AvgIpc) is 0.969. The van der Waals surface area contributed by atoms with E-state index in [0.29, 0.717) is 28.0 Å². The lowest BCUT2D eigenvalue weighted by Crippen LogP contribution is -2.80. The highest BCUT2D eigenvalue weighted by molar-refractivity contribution is 5.96. The second-order valence-electron chi connectivity index (χ2n) is 23.0. The maximum atomic E-state index is 15.7. The third-order valence-electron chi connectivity index (χ3n) is 17.7. The van der Waals surface area contributed by atoms with Crippen LogP contribution in [0.25, 0.3) is 0 Å². The second kappa shape index (κ2) is 23.8. The van der Waals surface area contributed by atoms with E-state index in [1.165, 1.54) is 25.9 Å². The van der Waals surface area contributed by atoms with Gasteiger partial charge >= 0.3 is 35.8 Å². The molecule has 3 aliphatic carbocycles. The maximum Gasteiger partial charge on any atom is 0.338 e. The van der Waals surface area contributed by atoms with Crippen molar-refractivity contribution in [3.8, 4) is 5.75 Å². The minimum Gasteiger partial charge on any atom is -0.497 e. The molecule has 18 heteroatoms. The summed E-state index contributed by atoms with van der Waals surface area (Å²) in [5, 5.41) is 14.4. The van der Waals surface area contributed by atoms with Crippen LogP contribution in [0.1, 0.15) is 123 Å². The quantitative estimate of drug-likeness (QED) is 0.0552. The van der Waals surface area contributed by atoms with Gasteiger partial charge in [-0.3, -0.25) is 28.9 Å². The van der Waals surface area contributed by atoms with Crippen molar-refractivity contribution in [3.05, 3.63) is 185 Å². The monoisotopic (exact) mass is 1150 g/mol. The van der Waals surface area contributed by atoms with E-state index in [1.54, 1.807) is 167 Å². The van der Waals surface area contributed by atoms with Gasteiger partial charge in [0.15, 0.2) is 24.0 Å². The van der Waals surface area contributed by atoms with E-state index in [2.05, 4.69) is 0 Å². The van der Waals surface area contributed by atoms with E-state index in [1.807, 2.05) is 6.07 Å². The number of fused-ring (bicyclic) bond motifs is 5. The summed E-state index contributed by atoms with van der Waals surface area (Å²) in [6.45, 7) is 8.86. The summed E-state index contributed by atoms with van der Waals surface area (Å²) in [7, 11) is 1.53. The first-order chi connectivity index (χ1) is 40.2. The van der Waals surface area contributed by atoms with Gasteiger partial charge in [-0.2, -0.15) is 0 Å². The van der Waals surface area contributed by atoms with Gasteiger partial charge in [0.1, 0.15) is 42.4 Å². The van der Waals surface area contributed by atoms with Crippen molar-refractivity contribution in [2.75, 3.05) is 13.7 Å². The normalized spacial score (nSPS) is 29.2. The number of hydrogen-bond donors (Lipinski definition) is 1. The first-order valence-corrected chi connectivity index (χ1v) is 28.2. The van der Waals surface area contributed by atoms with Crippen molar-refractivity contribution < 1.29 is 81.3 Å². The molecular formula is C66H69NO17. The first-order valence-electron chi connectivity index (χ1n) is 28.2. The van der Waals surface area contributed by atoms with Crippen LogP contribution in [0.5, 0.6) is 5.75 Å². The van der Waals surface area contributed by atoms with E-state index >= 15 is 9.59 Å². The number of aliphatic hydroxyl groups is 1. The van der Waals surface area contributed by atoms with Crippen LogP contribution >= 0.6 is 0 Å². The molecule has 0 unspecified atom stereocenters. The Balaban J connectivity index is 1.12. The topological polar surface area (TPSA) is 226 Å². The Morgan fingerprint density at radius 2 is 1.29 bits per heavy atom. The van der Waals surface area contributed by atoms with Crippen molar-refractivity contribution in [2.24, 2.45) is 16.7 Å². The Morgan fingerprint density at radius 3 is 1.88 bits per heavy atom. The molecule has 2 saturated heterocycles. The molecule has 5 aliphatic rings. The molecule has 4 fully saturated rings. The van der Waals surface area contributed by atoms with Crippen molar-refractivity contribution in [2.45, 2.75) is 140 Å². The minimum atomic E-state index is -2.35. The lowest BCUT2D eigenvalue weighted by atomic mass is 9.45. The van der Waals surface area contributed by atoms with Gasteiger partial charge in [0.25, 0.3) is 5.91 Å². The summed E-state index contributed by atoms with van der Waals surface area (Å²) in [5.74, 6) is -6.19. The summed E-state index contributed by atoms with van der Waals surface area (Å²) in [5.41, 5.74) is -4.56. The highest BCUT2D eigenvalue weighted by Crippen LogP contribution is 2.66. The molecule has 2 aliphatic heterocycles. The average molecular weight is 1150 g/mol. The number of hydrogen-bond acceptors (Lipinski definition) is 17. The molecule has 1 N–H and O–H groups in total. The molecule has 440 valence electrons. The molecule has 0 spiro atoms. The molecule has 5 aromatic carbocycles. The minimum absolute atomic E-state index is 0.0412. The summed E-state index contributed by atoms with van der Waals surface area (Å²) < 4.78 is 57.0. The number of rotatable bonds is 16. The number of amides is 1. The molecule has 12 atom stereocenters. The highest BCUT2D eigenvalue weighted by Gasteiger charge is 2.77. The molecule has 84 heavy (non-hydrogen) atoms. The predicted octanol–water partition coefficient (Wildman–Crippen LogP) is 9.09. The van der Waals surface area contributed by atoms with E-state index in [0.717, 1.165) is 5.56 Å². The van der Waals surface area contributed by atoms with Crippen molar-refractivity contribution in [1.82, 2.24) is 4.90 Å². The van der Waals surface area contributed by atoms with Gasteiger partial charge < -0.3 is 47.7 Å². The van der Waals surface area contributed by atoms with Gasteiger partial charge in [0.2, 0.25) is 0 Å². The molecule has 0 aromatic heterocycles. The Hall–Kier alpha value is -8.19. The Morgan fingerprint density at radius 1 is 0.679 bits per heavy atom. The molecule has 2 heterocycles. The fraction of sp³-hybridized carbons (Fsp3) is 0.409. The number of benzene rings is 5. The maximum absolute atomic E-state index is 15.7. The predicted molar refractivity (Wildman–Crippen MR) is 300 cm³/mol. The standard InChI is InChI=1S/C66H69NO17/c1-39-48(80-62(74)55-53(43-22-14-9-15-23-43)67(59(72)44-24-16-10-17-25-44)60(82-55)45-28-30-47(76-7)31-29-45)36-66(75)58(83-61(73)46-26-18-11-19-27-46)56-64(6,35-34-49-65(56,38-78-49)84-41(3)69)57(54(79-40(2)68)52(39)63(66,4)5)81-51(71)33-32-50(70)77-37-42-20-12-8-13-21-42/h8-31,48-49,53-58,60,75H,32-38H2,1-7H3/t48-,49+,53-,54+,55+,56-,57-,58-,60-,64+,65-,66+/m0/s1. The zero-order valence-corrected chi connectivity index (χ0v) is 47.9. The van der Waals surface area contributed by atoms with Crippen LogP contribution in [0.15, 0.2) is 157 Å². The lowest BCUT2D eigenvalue weighted by Gasteiger charge is -2.68. The van der Waals surface area contributed by atoms with Crippen molar-refractivity contribution >= 4 is 41.7 Å². The third-order valence-corrected chi connectivity index (χ3v) is 17.7. The Kier molecular flexibility index (Phi) is 16.7. The van der Waals surface area contributed by atoms with Gasteiger partial charge in [-0.25, -0.2) is 9.59 Å². The van der Waals surface area contributed by atoms with Crippen LogP contribution in [-0.2, 0) is 68.5 Å². The number of carbonyl (C=O) groups is 7. The molecular weight excluding hydrogens is 1080 g/mol. The molecule has 2 saturated carbocycles. The van der Waals surface area contributed by atoms with Gasteiger partial charge in [-0.05, 0) is 78.4 Å². The van der Waals surface area contributed by atoms with Crippen molar-refractivity contribution in [1.29, 1.82) is 0 Å². The highest BCUT2D eigenvalue weighted by atomic mass is 16.6. The number of methoxy groups -OCH3 is 1. The number of esters is 6. The molecule has 2 bridgehead atoms. The van der Waals surface area contributed by atoms with Gasteiger partial charge in [0.05, 0.1) is 44.1 Å². The Labute approximate surface area is 487 Å². The SMILES string of the molecule is COc1ccc([C@@H]2O[C@@H](C(=O)O[C@H]3C[C@@]4(O)[C@@H](OC(=O)c5ccccc5)[C@H]5[C@@](C)(CC[C@H]6OC[C@]65OC(C)=O)[C@@H](OC(=O)CCC(=O)OCc5ccccc5)[C@H](OC(C)=O)C(=C3C)C4(C)C)[C@H](c3ccccc3)N2C(=O)c2ccccc2)cc1. The fourth-order valence-electron chi connectivity index (χ4n) is 13.6.